The third-order valence-corrected chi connectivity index (χ3v) is 3.21. The Morgan fingerprint density at radius 2 is 2.00 bits per heavy atom. The molecule has 2 heterocycles. The van der Waals surface area contributed by atoms with Crippen LogP contribution in [-0.2, 0) is 6.42 Å². The average molecular weight is 230 g/mol. The summed E-state index contributed by atoms with van der Waals surface area (Å²) in [6, 6.07) is 0.645. The maximum Gasteiger partial charge on any atom is 0.318 e. The molecular weight excluding hydrogens is 214 g/mol. The number of hydrogen-bond donors (Lipinski definition) is 0. The van der Waals surface area contributed by atoms with Crippen molar-refractivity contribution in [3.63, 3.8) is 0 Å². The number of alkyl halides is 1. The Balaban J connectivity index is 2.04. The molecule has 0 spiro atoms. The highest BCUT2D eigenvalue weighted by molar-refractivity contribution is 6.17. The zero-order valence-electron chi connectivity index (χ0n) is 9.11. The molecule has 1 saturated heterocycles. The Hall–Kier alpha value is -0.770. The van der Waals surface area contributed by atoms with Crippen LogP contribution in [0.4, 0.5) is 6.01 Å². The zero-order valence-corrected chi connectivity index (χ0v) is 9.87. The van der Waals surface area contributed by atoms with Crippen LogP contribution < -0.4 is 4.90 Å². The zero-order chi connectivity index (χ0) is 10.8. The molecule has 1 fully saturated rings. The number of aryl methyl sites for hydroxylation is 1. The molecule has 1 aliphatic rings. The van der Waals surface area contributed by atoms with Crippen molar-refractivity contribution in [3.05, 3.63) is 5.89 Å². The lowest BCUT2D eigenvalue weighted by Crippen LogP contribution is -2.19. The molecule has 1 aromatic heterocycles. The molecule has 2 atom stereocenters. The lowest BCUT2D eigenvalue weighted by molar-refractivity contribution is 0.494. The minimum absolute atomic E-state index is 0.522. The van der Waals surface area contributed by atoms with Crippen molar-refractivity contribution in [1.82, 2.24) is 10.2 Å². The first-order chi connectivity index (χ1) is 7.20. The van der Waals surface area contributed by atoms with Gasteiger partial charge in [0.25, 0.3) is 0 Å². The van der Waals surface area contributed by atoms with Crippen LogP contribution in [0.2, 0.25) is 0 Å². The van der Waals surface area contributed by atoms with Crippen molar-refractivity contribution < 1.29 is 4.42 Å². The quantitative estimate of drug-likeness (QED) is 0.743. The summed E-state index contributed by atoms with van der Waals surface area (Å²) in [4.78, 5) is 2.15. The van der Waals surface area contributed by atoms with Gasteiger partial charge in [0.1, 0.15) is 0 Å². The summed E-state index contributed by atoms with van der Waals surface area (Å²) in [5, 5.41) is 7.99. The smallest absolute Gasteiger partial charge is 0.318 e. The molecule has 0 radical (unpaired) electrons. The molecular formula is C10H16ClN3O. The predicted molar refractivity (Wildman–Crippen MR) is 59.3 cm³/mol. The fourth-order valence-corrected chi connectivity index (χ4v) is 2.00. The second-order valence-electron chi connectivity index (χ2n) is 4.28. The molecule has 15 heavy (non-hydrogen) atoms. The van der Waals surface area contributed by atoms with Gasteiger partial charge in [0.15, 0.2) is 0 Å². The Kier molecular flexibility index (Phi) is 3.14. The van der Waals surface area contributed by atoms with Gasteiger partial charge < -0.3 is 9.32 Å². The van der Waals surface area contributed by atoms with Crippen LogP contribution in [-0.4, -0.2) is 29.2 Å². The van der Waals surface area contributed by atoms with Gasteiger partial charge in [0, 0.05) is 25.4 Å². The highest BCUT2D eigenvalue weighted by Crippen LogP contribution is 2.26. The van der Waals surface area contributed by atoms with Crippen LogP contribution >= 0.6 is 11.6 Å². The van der Waals surface area contributed by atoms with Crippen LogP contribution in [0.25, 0.3) is 0 Å². The van der Waals surface area contributed by atoms with E-state index in [2.05, 4.69) is 28.9 Å². The highest BCUT2D eigenvalue weighted by Gasteiger charge is 2.29. The fourth-order valence-electron chi connectivity index (χ4n) is 1.84. The van der Waals surface area contributed by atoms with Gasteiger partial charge in [-0.3, -0.25) is 0 Å². The summed E-state index contributed by atoms with van der Waals surface area (Å²) in [5.41, 5.74) is 0. The first kappa shape index (κ1) is 10.7. The summed E-state index contributed by atoms with van der Waals surface area (Å²) >= 11 is 5.61. The van der Waals surface area contributed by atoms with Crippen LogP contribution in [0.1, 0.15) is 19.7 Å². The van der Waals surface area contributed by atoms with E-state index in [0.717, 1.165) is 13.1 Å². The fraction of sp³-hybridized carbons (Fsp3) is 0.800. The van der Waals surface area contributed by atoms with Crippen LogP contribution in [0, 0.1) is 11.8 Å². The van der Waals surface area contributed by atoms with Gasteiger partial charge in [-0.1, -0.05) is 18.9 Å². The lowest BCUT2D eigenvalue weighted by Gasteiger charge is -2.10. The predicted octanol–water partition coefficient (Wildman–Crippen LogP) is 1.94. The van der Waals surface area contributed by atoms with E-state index in [9.17, 15) is 0 Å². The molecule has 0 saturated carbocycles. The number of halogens is 1. The molecule has 1 aliphatic heterocycles. The molecule has 0 aliphatic carbocycles. The first-order valence-electron chi connectivity index (χ1n) is 5.34. The van der Waals surface area contributed by atoms with Gasteiger partial charge in [-0.25, -0.2) is 0 Å². The molecule has 4 nitrogen and oxygen atoms in total. The van der Waals surface area contributed by atoms with Gasteiger partial charge >= 0.3 is 6.01 Å². The van der Waals surface area contributed by atoms with Gasteiger partial charge in [-0.2, -0.15) is 0 Å². The summed E-state index contributed by atoms with van der Waals surface area (Å²) in [5.74, 6) is 2.53. The third kappa shape index (κ3) is 2.25. The maximum atomic E-state index is 5.61. The molecule has 0 N–H and O–H groups in total. The van der Waals surface area contributed by atoms with Crippen molar-refractivity contribution >= 4 is 17.6 Å². The SMILES string of the molecule is CC1CN(c2nnc(CCCl)o2)CC1C. The second kappa shape index (κ2) is 4.39. The van der Waals surface area contributed by atoms with E-state index >= 15 is 0 Å². The van der Waals surface area contributed by atoms with E-state index in [1.165, 1.54) is 0 Å². The van der Waals surface area contributed by atoms with Gasteiger partial charge in [0.05, 0.1) is 0 Å². The van der Waals surface area contributed by atoms with Crippen molar-refractivity contribution in [3.8, 4) is 0 Å². The third-order valence-electron chi connectivity index (χ3n) is 3.02. The molecule has 0 aromatic carbocycles. The van der Waals surface area contributed by atoms with E-state index in [1.54, 1.807) is 0 Å². The highest BCUT2D eigenvalue weighted by atomic mass is 35.5. The van der Waals surface area contributed by atoms with E-state index in [-0.39, 0.29) is 0 Å². The molecule has 2 rings (SSSR count). The lowest BCUT2D eigenvalue weighted by atomic mass is 10.0. The Labute approximate surface area is 94.6 Å². The minimum Gasteiger partial charge on any atom is -0.408 e. The topological polar surface area (TPSA) is 42.2 Å². The van der Waals surface area contributed by atoms with Crippen molar-refractivity contribution in [2.24, 2.45) is 11.8 Å². The molecule has 5 heteroatoms. The van der Waals surface area contributed by atoms with Crippen LogP contribution in [0.5, 0.6) is 0 Å². The Morgan fingerprint density at radius 3 is 2.60 bits per heavy atom. The van der Waals surface area contributed by atoms with Crippen molar-refractivity contribution in [2.75, 3.05) is 23.9 Å². The maximum absolute atomic E-state index is 5.61. The minimum atomic E-state index is 0.522. The number of hydrogen-bond acceptors (Lipinski definition) is 4. The van der Waals surface area contributed by atoms with Gasteiger partial charge in [-0.15, -0.1) is 16.7 Å². The van der Waals surface area contributed by atoms with Crippen molar-refractivity contribution in [1.29, 1.82) is 0 Å². The standard InChI is InChI=1S/C10H16ClN3O/c1-7-5-14(6-8(7)2)10-13-12-9(15-10)3-4-11/h7-8H,3-6H2,1-2H3. The number of anilines is 1. The largest absolute Gasteiger partial charge is 0.408 e. The van der Waals surface area contributed by atoms with E-state index in [1.807, 2.05) is 0 Å². The number of nitrogens with zero attached hydrogens (tertiary/aromatic N) is 3. The molecule has 84 valence electrons. The summed E-state index contributed by atoms with van der Waals surface area (Å²) in [7, 11) is 0. The van der Waals surface area contributed by atoms with Crippen molar-refractivity contribution in [2.45, 2.75) is 20.3 Å². The average Bonchev–Trinajstić information content (AvgIpc) is 2.76. The summed E-state index contributed by atoms with van der Waals surface area (Å²) in [6.45, 7) is 6.51. The molecule has 0 amide bonds. The van der Waals surface area contributed by atoms with E-state index < -0.39 is 0 Å². The number of rotatable bonds is 3. The molecule has 0 bridgehead atoms. The Morgan fingerprint density at radius 1 is 1.33 bits per heavy atom. The van der Waals surface area contributed by atoms with Gasteiger partial charge in [0.2, 0.25) is 5.89 Å². The summed E-state index contributed by atoms with van der Waals surface area (Å²) in [6.07, 6.45) is 0.646. The van der Waals surface area contributed by atoms with Crippen LogP contribution in [0.15, 0.2) is 4.42 Å². The normalized spacial score (nSPS) is 26.2. The number of aromatic nitrogens is 2. The second-order valence-corrected chi connectivity index (χ2v) is 4.65. The Bertz CT molecular complexity index is 318. The van der Waals surface area contributed by atoms with E-state index in [4.69, 9.17) is 16.0 Å². The van der Waals surface area contributed by atoms with Gasteiger partial charge in [-0.05, 0) is 11.8 Å². The van der Waals surface area contributed by atoms with E-state index in [0.29, 0.717) is 36.0 Å². The van der Waals surface area contributed by atoms with Crippen LogP contribution in [0.3, 0.4) is 0 Å². The molecule has 1 aromatic rings. The monoisotopic (exact) mass is 229 g/mol. The molecule has 2 unspecified atom stereocenters. The first-order valence-corrected chi connectivity index (χ1v) is 5.87. The summed E-state index contributed by atoms with van der Waals surface area (Å²) < 4.78 is 5.52.